The minimum absolute atomic E-state index is 0.143. The van der Waals surface area contributed by atoms with Gasteiger partial charge in [-0.3, -0.25) is 0 Å². The van der Waals surface area contributed by atoms with Crippen molar-refractivity contribution in [2.75, 3.05) is 20.3 Å². The largest absolute Gasteiger partial charge is 0.488 e. The Bertz CT molecular complexity index is 620. The molecule has 1 atom stereocenters. The lowest BCUT2D eigenvalue weighted by molar-refractivity contribution is 0.0601. The number of epoxide rings is 1. The number of methoxy groups -OCH3 is 1. The van der Waals surface area contributed by atoms with E-state index in [9.17, 15) is 4.79 Å². The Kier molecular flexibility index (Phi) is 4.48. The van der Waals surface area contributed by atoms with Crippen LogP contribution in [0.15, 0.2) is 45.5 Å². The van der Waals surface area contributed by atoms with Crippen molar-refractivity contribution < 1.29 is 19.0 Å². The standard InChI is InChI=1S/C15H14O4S2/c1-17-15(16)14-13(19-8-10-7-18-10)12(9-20-14)21-11-5-3-2-4-6-11/h2-6,9-10H,7-8H2,1H3. The highest BCUT2D eigenvalue weighted by Crippen LogP contribution is 2.41. The van der Waals surface area contributed by atoms with Crippen LogP contribution in [0.3, 0.4) is 0 Å². The van der Waals surface area contributed by atoms with Crippen molar-refractivity contribution in [2.45, 2.75) is 15.9 Å². The molecule has 0 radical (unpaired) electrons. The van der Waals surface area contributed by atoms with Gasteiger partial charge in [0.15, 0.2) is 10.6 Å². The van der Waals surface area contributed by atoms with Gasteiger partial charge in [0.05, 0.1) is 18.6 Å². The Morgan fingerprint density at radius 2 is 2.19 bits per heavy atom. The lowest BCUT2D eigenvalue weighted by Crippen LogP contribution is -2.08. The van der Waals surface area contributed by atoms with Crippen molar-refractivity contribution in [3.8, 4) is 5.75 Å². The normalized spacial score (nSPS) is 16.5. The first-order valence-corrected chi connectivity index (χ1v) is 8.14. The second kappa shape index (κ2) is 6.51. The van der Waals surface area contributed by atoms with E-state index in [0.29, 0.717) is 17.2 Å². The first-order valence-electron chi connectivity index (χ1n) is 6.45. The number of esters is 1. The molecule has 4 nitrogen and oxygen atoms in total. The van der Waals surface area contributed by atoms with Crippen LogP contribution in [-0.2, 0) is 9.47 Å². The Morgan fingerprint density at radius 3 is 2.86 bits per heavy atom. The zero-order valence-corrected chi connectivity index (χ0v) is 13.0. The number of rotatable bonds is 6. The molecule has 0 spiro atoms. The molecule has 1 aromatic carbocycles. The van der Waals surface area contributed by atoms with Crippen LogP contribution in [-0.4, -0.2) is 32.4 Å². The van der Waals surface area contributed by atoms with Gasteiger partial charge in [0.1, 0.15) is 12.7 Å². The average Bonchev–Trinajstić information content (AvgIpc) is 3.27. The molecule has 3 rings (SSSR count). The summed E-state index contributed by atoms with van der Waals surface area (Å²) >= 11 is 2.91. The molecule has 0 N–H and O–H groups in total. The molecule has 110 valence electrons. The van der Waals surface area contributed by atoms with Gasteiger partial charge in [-0.05, 0) is 12.1 Å². The molecular formula is C15H14O4S2. The number of carbonyl (C=O) groups excluding carboxylic acids is 1. The lowest BCUT2D eigenvalue weighted by atomic mass is 10.4. The quantitative estimate of drug-likeness (QED) is 0.602. The third-order valence-corrected chi connectivity index (χ3v) is 4.99. The Balaban J connectivity index is 1.83. The molecule has 0 amide bonds. The topological polar surface area (TPSA) is 48.1 Å². The van der Waals surface area contributed by atoms with Crippen LogP contribution in [0.1, 0.15) is 9.67 Å². The molecule has 1 fully saturated rings. The van der Waals surface area contributed by atoms with Crippen molar-refractivity contribution in [1.29, 1.82) is 0 Å². The molecule has 1 aliphatic rings. The maximum Gasteiger partial charge on any atom is 0.351 e. The van der Waals surface area contributed by atoms with Gasteiger partial charge >= 0.3 is 5.97 Å². The van der Waals surface area contributed by atoms with Gasteiger partial charge in [-0.1, -0.05) is 30.0 Å². The van der Waals surface area contributed by atoms with Crippen molar-refractivity contribution in [3.63, 3.8) is 0 Å². The number of ether oxygens (including phenoxy) is 3. The van der Waals surface area contributed by atoms with Gasteiger partial charge in [0.2, 0.25) is 0 Å². The molecule has 2 aromatic rings. The number of hydrogen-bond donors (Lipinski definition) is 0. The molecule has 1 unspecified atom stereocenters. The zero-order valence-electron chi connectivity index (χ0n) is 11.4. The van der Waals surface area contributed by atoms with E-state index in [1.165, 1.54) is 18.4 Å². The third kappa shape index (κ3) is 3.58. The van der Waals surface area contributed by atoms with E-state index < -0.39 is 0 Å². The molecule has 0 saturated carbocycles. The van der Waals surface area contributed by atoms with Gasteiger partial charge in [-0.25, -0.2) is 4.79 Å². The number of benzene rings is 1. The van der Waals surface area contributed by atoms with Crippen LogP contribution < -0.4 is 4.74 Å². The SMILES string of the molecule is COC(=O)c1scc(Sc2ccccc2)c1OCC1CO1. The number of hydrogen-bond acceptors (Lipinski definition) is 6. The Hall–Kier alpha value is -1.50. The van der Waals surface area contributed by atoms with Crippen LogP contribution in [0.4, 0.5) is 0 Å². The fourth-order valence-corrected chi connectivity index (χ4v) is 3.72. The summed E-state index contributed by atoms with van der Waals surface area (Å²) in [6.45, 7) is 1.18. The molecule has 21 heavy (non-hydrogen) atoms. The van der Waals surface area contributed by atoms with E-state index in [4.69, 9.17) is 14.2 Å². The smallest absolute Gasteiger partial charge is 0.351 e. The predicted molar refractivity (Wildman–Crippen MR) is 81.5 cm³/mol. The summed E-state index contributed by atoms with van der Waals surface area (Å²) in [6.07, 6.45) is 0.143. The van der Waals surface area contributed by atoms with Crippen molar-refractivity contribution >= 4 is 29.1 Å². The maximum absolute atomic E-state index is 11.8. The predicted octanol–water partition coefficient (Wildman–Crippen LogP) is 3.46. The minimum atomic E-state index is -0.369. The summed E-state index contributed by atoms with van der Waals surface area (Å²) in [6, 6.07) is 9.98. The average molecular weight is 322 g/mol. The second-order valence-corrected chi connectivity index (χ2v) is 6.43. The fraction of sp³-hybridized carbons (Fsp3) is 0.267. The van der Waals surface area contributed by atoms with E-state index in [1.807, 2.05) is 35.7 Å². The van der Waals surface area contributed by atoms with Gasteiger partial charge < -0.3 is 14.2 Å². The third-order valence-electron chi connectivity index (χ3n) is 2.87. The summed E-state index contributed by atoms with van der Waals surface area (Å²) in [7, 11) is 1.37. The fourth-order valence-electron chi connectivity index (χ4n) is 1.73. The highest BCUT2D eigenvalue weighted by Gasteiger charge is 2.27. The molecule has 6 heteroatoms. The Labute approximate surface area is 131 Å². The summed E-state index contributed by atoms with van der Waals surface area (Å²) in [5.74, 6) is 0.225. The van der Waals surface area contributed by atoms with Crippen molar-refractivity contribution in [3.05, 3.63) is 40.6 Å². The van der Waals surface area contributed by atoms with Crippen LogP contribution in [0, 0.1) is 0 Å². The second-order valence-electron chi connectivity index (χ2n) is 4.43. The molecule has 0 aliphatic carbocycles. The van der Waals surface area contributed by atoms with Crippen LogP contribution in [0.2, 0.25) is 0 Å². The van der Waals surface area contributed by atoms with Crippen molar-refractivity contribution in [2.24, 2.45) is 0 Å². The van der Waals surface area contributed by atoms with Crippen LogP contribution >= 0.6 is 23.1 Å². The van der Waals surface area contributed by atoms with E-state index in [-0.39, 0.29) is 12.1 Å². The summed E-state index contributed by atoms with van der Waals surface area (Å²) in [4.78, 5) is 14.3. The monoisotopic (exact) mass is 322 g/mol. The van der Waals surface area contributed by atoms with E-state index in [0.717, 1.165) is 16.4 Å². The van der Waals surface area contributed by atoms with Crippen LogP contribution in [0.25, 0.3) is 0 Å². The zero-order chi connectivity index (χ0) is 14.7. The number of carbonyl (C=O) groups is 1. The molecular weight excluding hydrogens is 308 g/mol. The summed E-state index contributed by atoms with van der Waals surface area (Å²) in [5.41, 5.74) is 0. The van der Waals surface area contributed by atoms with Crippen molar-refractivity contribution in [1.82, 2.24) is 0 Å². The van der Waals surface area contributed by atoms with Gasteiger partial charge in [-0.2, -0.15) is 0 Å². The Morgan fingerprint density at radius 1 is 1.43 bits per heavy atom. The summed E-state index contributed by atoms with van der Waals surface area (Å²) < 4.78 is 15.8. The first kappa shape index (κ1) is 14.4. The molecule has 1 aliphatic heterocycles. The van der Waals surface area contributed by atoms with E-state index in [2.05, 4.69) is 0 Å². The molecule has 2 heterocycles. The molecule has 1 saturated heterocycles. The highest BCUT2D eigenvalue weighted by molar-refractivity contribution is 7.99. The van der Waals surface area contributed by atoms with Crippen LogP contribution in [0.5, 0.6) is 5.75 Å². The van der Waals surface area contributed by atoms with E-state index >= 15 is 0 Å². The maximum atomic E-state index is 11.8. The van der Waals surface area contributed by atoms with E-state index in [1.54, 1.807) is 11.8 Å². The van der Waals surface area contributed by atoms with Gasteiger partial charge in [0, 0.05) is 10.3 Å². The first-order chi connectivity index (χ1) is 10.3. The summed E-state index contributed by atoms with van der Waals surface area (Å²) in [5, 5.41) is 1.92. The van der Waals surface area contributed by atoms with Gasteiger partial charge in [0.25, 0.3) is 0 Å². The number of thiophene rings is 1. The highest BCUT2D eigenvalue weighted by atomic mass is 32.2. The minimum Gasteiger partial charge on any atom is -0.488 e. The molecule has 1 aromatic heterocycles. The van der Waals surface area contributed by atoms with Gasteiger partial charge in [-0.15, -0.1) is 11.3 Å². The molecule has 0 bridgehead atoms. The lowest BCUT2D eigenvalue weighted by Gasteiger charge is -2.08.